The molecule has 1 unspecified atom stereocenters. The van der Waals surface area contributed by atoms with Gasteiger partial charge < -0.3 is 0 Å². The molecular formula is C21H18S2. The molecule has 0 saturated carbocycles. The van der Waals surface area contributed by atoms with E-state index in [1.165, 1.54) is 16.7 Å². The van der Waals surface area contributed by atoms with Crippen LogP contribution >= 0.6 is 23.5 Å². The Hall–Kier alpha value is -1.38. The van der Waals surface area contributed by atoms with Gasteiger partial charge in [-0.3, -0.25) is 0 Å². The van der Waals surface area contributed by atoms with Crippen molar-refractivity contribution in [1.82, 2.24) is 0 Å². The summed E-state index contributed by atoms with van der Waals surface area (Å²) in [5, 5.41) is 1.32. The Kier molecular flexibility index (Phi) is 3.08. The molecule has 2 bridgehead atoms. The maximum absolute atomic E-state index is 2.45. The van der Waals surface area contributed by atoms with E-state index in [2.05, 4.69) is 103 Å². The average Bonchev–Trinajstić information content (AvgIpc) is 3.14. The molecule has 5 rings (SSSR count). The summed E-state index contributed by atoms with van der Waals surface area (Å²) in [6, 6.07) is 22.1. The first-order chi connectivity index (χ1) is 11.3. The third-order valence-electron chi connectivity index (χ3n) is 5.26. The lowest BCUT2D eigenvalue weighted by atomic mass is 9.85. The highest BCUT2D eigenvalue weighted by molar-refractivity contribution is 8.21. The number of fused-ring (bicyclic) bond motifs is 1. The van der Waals surface area contributed by atoms with Crippen LogP contribution in [0.4, 0.5) is 0 Å². The molecule has 3 aliphatic rings. The number of hydrogen-bond acceptors (Lipinski definition) is 2. The maximum atomic E-state index is 2.45. The SMILES string of the molecule is CC1=C(c2ccccc2)[C@H]2C=C[C@H]3S[C@@]1(c1ccccc1)SC23. The normalized spacial score (nSPS) is 34.2. The van der Waals surface area contributed by atoms with Gasteiger partial charge >= 0.3 is 0 Å². The van der Waals surface area contributed by atoms with E-state index >= 15 is 0 Å². The van der Waals surface area contributed by atoms with E-state index in [-0.39, 0.29) is 4.08 Å². The van der Waals surface area contributed by atoms with Crippen molar-refractivity contribution in [3.05, 3.63) is 89.5 Å². The van der Waals surface area contributed by atoms with Crippen LogP contribution in [0.3, 0.4) is 0 Å². The standard InChI is InChI=1S/C21H18S2/c1-14-19(15-8-4-2-5-9-15)17-12-13-18-20(17)23-21(14,22-18)16-10-6-3-7-11-16/h2-13,17-18,20H,1H3/t17-,18-,20?,21-/m1/s1. The summed E-state index contributed by atoms with van der Waals surface area (Å²) in [5.74, 6) is 0.569. The molecule has 1 saturated heterocycles. The Labute approximate surface area is 146 Å². The van der Waals surface area contributed by atoms with Crippen LogP contribution in [0.15, 0.2) is 78.4 Å². The minimum absolute atomic E-state index is 0.0863. The van der Waals surface area contributed by atoms with Crippen LogP contribution in [0.1, 0.15) is 18.1 Å². The van der Waals surface area contributed by atoms with Crippen LogP contribution in [0, 0.1) is 5.92 Å². The lowest BCUT2D eigenvalue weighted by Gasteiger charge is -2.38. The minimum Gasteiger partial charge on any atom is -0.129 e. The molecule has 1 fully saturated rings. The van der Waals surface area contributed by atoms with Gasteiger partial charge in [-0.15, -0.1) is 23.5 Å². The first kappa shape index (κ1) is 14.0. The molecule has 2 aromatic rings. The predicted molar refractivity (Wildman–Crippen MR) is 103 cm³/mol. The van der Waals surface area contributed by atoms with Crippen molar-refractivity contribution in [2.45, 2.75) is 21.5 Å². The van der Waals surface area contributed by atoms with Crippen LogP contribution in [0.5, 0.6) is 0 Å². The Morgan fingerprint density at radius 1 is 0.826 bits per heavy atom. The topological polar surface area (TPSA) is 0 Å². The summed E-state index contributed by atoms with van der Waals surface area (Å²) >= 11 is 4.33. The second kappa shape index (κ2) is 5.06. The van der Waals surface area contributed by atoms with Gasteiger partial charge in [0.05, 0.1) is 0 Å². The van der Waals surface area contributed by atoms with Crippen molar-refractivity contribution in [1.29, 1.82) is 0 Å². The maximum Gasteiger partial charge on any atom is 0.108 e. The van der Waals surface area contributed by atoms with Crippen molar-refractivity contribution in [3.63, 3.8) is 0 Å². The zero-order valence-electron chi connectivity index (χ0n) is 13.0. The van der Waals surface area contributed by atoms with Gasteiger partial charge in [-0.2, -0.15) is 0 Å². The van der Waals surface area contributed by atoms with Gasteiger partial charge in [-0.1, -0.05) is 72.8 Å². The van der Waals surface area contributed by atoms with Crippen LogP contribution in [-0.4, -0.2) is 10.5 Å². The Morgan fingerprint density at radius 3 is 2.26 bits per heavy atom. The lowest BCUT2D eigenvalue weighted by Crippen LogP contribution is -2.27. The average molecular weight is 335 g/mol. The van der Waals surface area contributed by atoms with Crippen LogP contribution in [0.25, 0.3) is 5.57 Å². The van der Waals surface area contributed by atoms with Crippen molar-refractivity contribution in [2.75, 3.05) is 0 Å². The number of hydrogen-bond donors (Lipinski definition) is 0. The molecule has 2 aliphatic heterocycles. The highest BCUT2D eigenvalue weighted by atomic mass is 32.2. The largest absolute Gasteiger partial charge is 0.129 e. The van der Waals surface area contributed by atoms with Crippen molar-refractivity contribution in [3.8, 4) is 0 Å². The zero-order chi connectivity index (χ0) is 15.4. The van der Waals surface area contributed by atoms with Gasteiger partial charge in [0.25, 0.3) is 0 Å². The Bertz CT molecular complexity index is 806. The smallest absolute Gasteiger partial charge is 0.108 e. The fourth-order valence-electron chi connectivity index (χ4n) is 4.21. The van der Waals surface area contributed by atoms with Gasteiger partial charge in [0.2, 0.25) is 0 Å². The van der Waals surface area contributed by atoms with E-state index in [0.29, 0.717) is 16.4 Å². The van der Waals surface area contributed by atoms with Crippen molar-refractivity contribution >= 4 is 29.1 Å². The lowest BCUT2D eigenvalue weighted by molar-refractivity contribution is 0.804. The fourth-order valence-corrected chi connectivity index (χ4v) is 8.39. The molecule has 0 spiro atoms. The first-order valence-electron chi connectivity index (χ1n) is 8.16. The Balaban J connectivity index is 1.76. The van der Waals surface area contributed by atoms with Crippen molar-refractivity contribution < 1.29 is 0 Å². The number of allylic oxidation sites excluding steroid dienone is 2. The van der Waals surface area contributed by atoms with E-state index in [0.717, 1.165) is 0 Å². The molecule has 2 heterocycles. The van der Waals surface area contributed by atoms with Gasteiger partial charge in [-0.25, -0.2) is 0 Å². The second-order valence-electron chi connectivity index (χ2n) is 6.46. The molecular weight excluding hydrogens is 316 g/mol. The molecule has 2 aromatic carbocycles. The summed E-state index contributed by atoms with van der Waals surface area (Å²) in [6.45, 7) is 2.36. The van der Waals surface area contributed by atoms with Crippen molar-refractivity contribution in [2.24, 2.45) is 5.92 Å². The summed E-state index contributed by atoms with van der Waals surface area (Å²) < 4.78 is 0.0863. The Morgan fingerprint density at radius 2 is 1.52 bits per heavy atom. The summed E-state index contributed by atoms with van der Waals surface area (Å²) in [4.78, 5) is 0. The van der Waals surface area contributed by atoms with Crippen LogP contribution in [-0.2, 0) is 4.08 Å². The van der Waals surface area contributed by atoms with E-state index in [4.69, 9.17) is 0 Å². The highest BCUT2D eigenvalue weighted by Gasteiger charge is 2.57. The van der Waals surface area contributed by atoms with E-state index in [9.17, 15) is 0 Å². The third-order valence-corrected chi connectivity index (χ3v) is 9.34. The first-order valence-corrected chi connectivity index (χ1v) is 9.92. The highest BCUT2D eigenvalue weighted by Crippen LogP contribution is 2.71. The molecule has 0 amide bonds. The summed E-state index contributed by atoms with van der Waals surface area (Å²) in [7, 11) is 0. The number of benzene rings is 2. The molecule has 2 heteroatoms. The molecule has 0 N–H and O–H groups in total. The van der Waals surface area contributed by atoms with E-state index in [1.807, 2.05) is 0 Å². The van der Waals surface area contributed by atoms with Crippen LogP contribution in [0.2, 0.25) is 0 Å². The molecule has 0 nitrogen and oxygen atoms in total. The van der Waals surface area contributed by atoms with Gasteiger partial charge in [-0.05, 0) is 29.2 Å². The zero-order valence-corrected chi connectivity index (χ0v) is 14.6. The molecule has 4 atom stereocenters. The van der Waals surface area contributed by atoms with Crippen LogP contribution < -0.4 is 0 Å². The number of thioether (sulfide) groups is 2. The predicted octanol–water partition coefficient (Wildman–Crippen LogP) is 5.73. The third kappa shape index (κ3) is 1.88. The quantitative estimate of drug-likeness (QED) is 0.643. The molecule has 23 heavy (non-hydrogen) atoms. The minimum atomic E-state index is 0.0863. The molecule has 1 aliphatic carbocycles. The van der Waals surface area contributed by atoms with E-state index < -0.39 is 0 Å². The number of rotatable bonds is 2. The molecule has 114 valence electrons. The molecule has 0 aromatic heterocycles. The monoisotopic (exact) mass is 334 g/mol. The fraction of sp³-hybridized carbons (Fsp3) is 0.238. The van der Waals surface area contributed by atoms with Gasteiger partial charge in [0.1, 0.15) is 4.08 Å². The summed E-state index contributed by atoms with van der Waals surface area (Å²) in [6.07, 6.45) is 4.91. The van der Waals surface area contributed by atoms with E-state index in [1.54, 1.807) is 5.57 Å². The van der Waals surface area contributed by atoms with Gasteiger partial charge in [0, 0.05) is 16.4 Å². The second-order valence-corrected chi connectivity index (χ2v) is 9.51. The molecule has 0 radical (unpaired) electrons. The van der Waals surface area contributed by atoms with Gasteiger partial charge in [0.15, 0.2) is 0 Å². The summed E-state index contributed by atoms with van der Waals surface area (Å²) in [5.41, 5.74) is 5.94.